The van der Waals surface area contributed by atoms with Crippen LogP contribution in [0.5, 0.6) is 17.2 Å². The van der Waals surface area contributed by atoms with Gasteiger partial charge in [0.25, 0.3) is 6.29 Å². The third-order valence-corrected chi connectivity index (χ3v) is 10.7. The maximum Gasteiger partial charge on any atom is 0.337 e. The van der Waals surface area contributed by atoms with Gasteiger partial charge in [-0.05, 0) is 91.6 Å². The van der Waals surface area contributed by atoms with Gasteiger partial charge < -0.3 is 42.6 Å². The van der Waals surface area contributed by atoms with Gasteiger partial charge >= 0.3 is 35.8 Å². The molecule has 0 heterocycles. The van der Waals surface area contributed by atoms with Crippen molar-refractivity contribution in [2.75, 3.05) is 47.8 Å². The summed E-state index contributed by atoms with van der Waals surface area (Å²) < 4.78 is 48.1. The summed E-state index contributed by atoms with van der Waals surface area (Å²) in [4.78, 5) is 73.3. The highest BCUT2D eigenvalue weighted by molar-refractivity contribution is 6.16. The molecule has 0 saturated carbocycles. The molecular weight excluding hydrogens is 889 g/mol. The van der Waals surface area contributed by atoms with Gasteiger partial charge in [-0.15, -0.1) is 0 Å². The summed E-state index contributed by atoms with van der Waals surface area (Å²) in [7, 11) is 3.91. The molecular formula is C54H68O15. The van der Waals surface area contributed by atoms with Crippen molar-refractivity contribution in [3.8, 4) is 17.2 Å². The number of rotatable bonds is 35. The van der Waals surface area contributed by atoms with Gasteiger partial charge in [-0.1, -0.05) is 94.7 Å². The molecule has 0 aromatic heterocycles. The number of hydrogen-bond donors (Lipinski definition) is 0. The van der Waals surface area contributed by atoms with E-state index in [0.29, 0.717) is 73.0 Å². The first-order valence-electron chi connectivity index (χ1n) is 23.4. The van der Waals surface area contributed by atoms with Crippen molar-refractivity contribution in [1.29, 1.82) is 0 Å². The molecule has 3 rings (SSSR count). The van der Waals surface area contributed by atoms with E-state index in [1.165, 1.54) is 21.3 Å². The molecule has 0 aliphatic heterocycles. The zero-order valence-corrected chi connectivity index (χ0v) is 40.4. The number of ether oxygens (including phenoxy) is 9. The maximum atomic E-state index is 12.8. The lowest BCUT2D eigenvalue weighted by Gasteiger charge is -2.18. The van der Waals surface area contributed by atoms with Crippen molar-refractivity contribution in [3.05, 3.63) is 109 Å². The zero-order valence-electron chi connectivity index (χ0n) is 40.4. The van der Waals surface area contributed by atoms with Gasteiger partial charge in [0.2, 0.25) is 0 Å². The molecule has 0 bridgehead atoms. The van der Waals surface area contributed by atoms with Crippen LogP contribution in [0.3, 0.4) is 0 Å². The zero-order chi connectivity index (χ0) is 50.2. The normalized spacial score (nSPS) is 10.6. The SMILES string of the molecule is C=C(C(=O)OC)c1ccc(OCCCCCCC(=O)OCCC(OC(=O)CCCCCCOc2ccc(C(=C)C(=O)OC)cc2)OC(=O)CCCCCCOc2ccc(C(=C)C(=O)OC)cc2)cc1. The lowest BCUT2D eigenvalue weighted by atomic mass is 10.1. The van der Waals surface area contributed by atoms with Crippen molar-refractivity contribution in [3.63, 3.8) is 0 Å². The van der Waals surface area contributed by atoms with Gasteiger partial charge in [0.15, 0.2) is 0 Å². The maximum absolute atomic E-state index is 12.8. The minimum Gasteiger partial charge on any atom is -0.494 e. The Morgan fingerprint density at radius 1 is 0.391 bits per heavy atom. The van der Waals surface area contributed by atoms with Crippen LogP contribution in [0.2, 0.25) is 0 Å². The van der Waals surface area contributed by atoms with Crippen LogP contribution in [-0.2, 0) is 57.2 Å². The topological polar surface area (TPSA) is 185 Å². The van der Waals surface area contributed by atoms with Crippen LogP contribution in [0.1, 0.15) is 119 Å². The minimum absolute atomic E-state index is 0.00256. The highest BCUT2D eigenvalue weighted by atomic mass is 16.7. The van der Waals surface area contributed by atoms with Crippen LogP contribution >= 0.6 is 0 Å². The van der Waals surface area contributed by atoms with E-state index in [4.69, 9.17) is 42.6 Å². The van der Waals surface area contributed by atoms with Gasteiger partial charge in [0.1, 0.15) is 17.2 Å². The van der Waals surface area contributed by atoms with E-state index in [-0.39, 0.29) is 49.0 Å². The molecule has 0 unspecified atom stereocenters. The van der Waals surface area contributed by atoms with Gasteiger partial charge in [0, 0.05) is 19.3 Å². The fourth-order valence-electron chi connectivity index (χ4n) is 6.62. The molecule has 0 amide bonds. The van der Waals surface area contributed by atoms with E-state index in [1.54, 1.807) is 72.8 Å². The first kappa shape index (κ1) is 56.4. The summed E-state index contributed by atoms with van der Waals surface area (Å²) >= 11 is 0. The van der Waals surface area contributed by atoms with Crippen molar-refractivity contribution >= 4 is 52.5 Å². The molecule has 3 aromatic rings. The van der Waals surface area contributed by atoms with Crippen molar-refractivity contribution in [2.45, 2.75) is 109 Å². The van der Waals surface area contributed by atoms with Crippen LogP contribution in [-0.4, -0.2) is 89.9 Å². The predicted molar refractivity (Wildman–Crippen MR) is 260 cm³/mol. The summed E-state index contributed by atoms with van der Waals surface area (Å²) in [5.41, 5.74) is 2.75. The standard InChI is InChI=1S/C54H68O15/c1-39(52(58)61-4)42-22-28-45(29-23-42)64-35-16-10-7-13-19-48(55)67-38-34-51(68-49(56)20-14-8-11-17-36-65-46-30-24-43(25-31-46)40(2)53(59)62-5)69-50(57)21-15-9-12-18-37-66-47-32-26-44(27-33-47)41(3)54(60)63-6/h22-33,51H,1-3,7-21,34-38H2,4-6H3. The smallest absolute Gasteiger partial charge is 0.337 e. The molecule has 0 aliphatic carbocycles. The molecule has 0 fully saturated rings. The Kier molecular flexibility index (Phi) is 26.8. The number of methoxy groups -OCH3 is 3. The van der Waals surface area contributed by atoms with Crippen molar-refractivity contribution in [2.24, 2.45) is 0 Å². The second kappa shape index (κ2) is 32.7. The first-order valence-corrected chi connectivity index (χ1v) is 23.4. The lowest BCUT2D eigenvalue weighted by Crippen LogP contribution is -2.26. The Balaban J connectivity index is 1.35. The van der Waals surface area contributed by atoms with Gasteiger partial charge in [-0.3, -0.25) is 14.4 Å². The monoisotopic (exact) mass is 956 g/mol. The summed E-state index contributed by atoms with van der Waals surface area (Å²) in [6.45, 7) is 12.6. The van der Waals surface area contributed by atoms with E-state index in [1.807, 2.05) is 0 Å². The Morgan fingerprint density at radius 2 is 0.681 bits per heavy atom. The van der Waals surface area contributed by atoms with Gasteiger partial charge in [0.05, 0.1) is 70.9 Å². The van der Waals surface area contributed by atoms with Crippen LogP contribution in [0.15, 0.2) is 92.5 Å². The summed E-state index contributed by atoms with van der Waals surface area (Å²) in [5.74, 6) is -0.919. The largest absolute Gasteiger partial charge is 0.494 e. The van der Waals surface area contributed by atoms with Crippen LogP contribution in [0.25, 0.3) is 16.7 Å². The Labute approximate surface area is 406 Å². The first-order chi connectivity index (χ1) is 33.3. The van der Waals surface area contributed by atoms with E-state index >= 15 is 0 Å². The Bertz CT molecular complexity index is 2010. The van der Waals surface area contributed by atoms with E-state index in [9.17, 15) is 28.8 Å². The molecule has 15 heteroatoms. The van der Waals surface area contributed by atoms with Crippen molar-refractivity contribution < 1.29 is 71.4 Å². The second-order valence-electron chi connectivity index (χ2n) is 15.9. The highest BCUT2D eigenvalue weighted by Gasteiger charge is 2.20. The predicted octanol–water partition coefficient (Wildman–Crippen LogP) is 9.98. The molecule has 0 radical (unpaired) electrons. The molecule has 0 saturated heterocycles. The summed E-state index contributed by atoms with van der Waals surface area (Å²) in [5, 5.41) is 0. The fourth-order valence-corrected chi connectivity index (χ4v) is 6.62. The minimum atomic E-state index is -1.20. The fraction of sp³-hybridized carbons (Fsp3) is 0.444. The van der Waals surface area contributed by atoms with Crippen molar-refractivity contribution in [1.82, 2.24) is 0 Å². The summed E-state index contributed by atoms with van der Waals surface area (Å²) in [6.07, 6.45) is 8.09. The van der Waals surface area contributed by atoms with Gasteiger partial charge in [-0.2, -0.15) is 0 Å². The van der Waals surface area contributed by atoms with E-state index in [2.05, 4.69) is 19.7 Å². The quantitative estimate of drug-likeness (QED) is 0.0178. The average Bonchev–Trinajstić information content (AvgIpc) is 3.36. The molecule has 374 valence electrons. The third kappa shape index (κ3) is 22.6. The number of esters is 6. The number of carbonyl (C=O) groups excluding carboxylic acids is 6. The number of hydrogen-bond acceptors (Lipinski definition) is 15. The van der Waals surface area contributed by atoms with Crippen LogP contribution in [0, 0.1) is 0 Å². The molecule has 15 nitrogen and oxygen atoms in total. The average molecular weight is 957 g/mol. The second-order valence-corrected chi connectivity index (χ2v) is 15.9. The molecule has 0 atom stereocenters. The Morgan fingerprint density at radius 3 is 0.986 bits per heavy atom. The van der Waals surface area contributed by atoms with Crippen LogP contribution in [0.4, 0.5) is 0 Å². The molecule has 3 aromatic carbocycles. The van der Waals surface area contributed by atoms with E-state index in [0.717, 1.165) is 57.8 Å². The lowest BCUT2D eigenvalue weighted by molar-refractivity contribution is -0.191. The molecule has 69 heavy (non-hydrogen) atoms. The summed E-state index contributed by atoms with van der Waals surface area (Å²) in [6, 6.07) is 21.1. The Hall–Kier alpha value is -6.90. The van der Waals surface area contributed by atoms with E-state index < -0.39 is 42.1 Å². The number of unbranched alkanes of at least 4 members (excludes halogenated alkanes) is 9. The number of carbonyl (C=O) groups is 6. The van der Waals surface area contributed by atoms with Gasteiger partial charge in [-0.25, -0.2) is 14.4 Å². The molecule has 0 aliphatic rings. The van der Waals surface area contributed by atoms with Crippen LogP contribution < -0.4 is 14.2 Å². The number of benzene rings is 3. The highest BCUT2D eigenvalue weighted by Crippen LogP contribution is 2.22. The molecule has 0 spiro atoms. The third-order valence-electron chi connectivity index (χ3n) is 10.7. The molecule has 0 N–H and O–H groups in total.